The van der Waals surface area contributed by atoms with Crippen LogP contribution in [0.3, 0.4) is 0 Å². The van der Waals surface area contributed by atoms with Crippen LogP contribution in [0.25, 0.3) is 0 Å². The molecule has 0 aromatic rings. The lowest BCUT2D eigenvalue weighted by atomic mass is 10.2. The van der Waals surface area contributed by atoms with Gasteiger partial charge in [-0.25, -0.2) is 8.42 Å². The van der Waals surface area contributed by atoms with E-state index in [1.165, 1.54) is 19.3 Å². The molecule has 0 aliphatic carbocycles. The Balaban J connectivity index is 0. The van der Waals surface area contributed by atoms with E-state index in [-0.39, 0.29) is 0 Å². The van der Waals surface area contributed by atoms with E-state index < -0.39 is 16.9 Å². The summed E-state index contributed by atoms with van der Waals surface area (Å²) in [5.41, 5.74) is 4.53. The summed E-state index contributed by atoms with van der Waals surface area (Å²) in [5.74, 6) is -0.481. The summed E-state index contributed by atoms with van der Waals surface area (Å²) >= 11 is 0. The third-order valence-electron chi connectivity index (χ3n) is 1.65. The number of carbonyl (C=O) groups excluding carboxylic acids is 1. The van der Waals surface area contributed by atoms with Crippen LogP contribution < -0.4 is 5.73 Å². The first-order valence-corrected chi connectivity index (χ1v) is 6.33. The summed E-state index contributed by atoms with van der Waals surface area (Å²) in [6.45, 7) is 5.58. The van der Waals surface area contributed by atoms with Gasteiger partial charge in [-0.2, -0.15) is 0 Å². The van der Waals surface area contributed by atoms with Gasteiger partial charge in [-0.15, -0.1) is 0 Å². The van der Waals surface area contributed by atoms with Crippen LogP contribution in [0.5, 0.6) is 0 Å². The van der Waals surface area contributed by atoms with Crippen LogP contribution in [0.4, 0.5) is 0 Å². The molecule has 0 aliphatic rings. The number of thiol groups is 1. The van der Waals surface area contributed by atoms with Gasteiger partial charge in [-0.1, -0.05) is 39.2 Å². The number of hydrogen-bond acceptors (Lipinski definition) is 4. The van der Waals surface area contributed by atoms with E-state index in [4.69, 9.17) is 0 Å². The fourth-order valence-electron chi connectivity index (χ4n) is 0.845. The van der Waals surface area contributed by atoms with Gasteiger partial charge in [0.15, 0.2) is 0 Å². The minimum Gasteiger partial charge on any atom is -0.366 e. The molecule has 0 atom stereocenters. The molecule has 0 saturated heterocycles. The van der Waals surface area contributed by atoms with Gasteiger partial charge < -0.3 is 5.73 Å². The third-order valence-corrected chi connectivity index (χ3v) is 2.04. The van der Waals surface area contributed by atoms with Crippen molar-refractivity contribution in [3.63, 3.8) is 0 Å². The summed E-state index contributed by atoms with van der Waals surface area (Å²) in [7, 11) is -2.62. The monoisotopic (exact) mass is 251 g/mol. The van der Waals surface area contributed by atoms with Crippen LogP contribution in [-0.2, 0) is 20.0 Å². The number of unbranched alkanes of at least 4 members (excludes halogenated alkanes) is 4. The van der Waals surface area contributed by atoms with Gasteiger partial charge >= 0.3 is 0 Å². The Bertz CT molecular complexity index is 243. The first-order chi connectivity index (χ1) is 7.54. The van der Waals surface area contributed by atoms with E-state index in [0.717, 1.165) is 18.9 Å². The molecule has 0 rings (SSSR count). The second-order valence-corrected chi connectivity index (χ2v) is 3.78. The number of rotatable bonds is 8. The zero-order valence-electron chi connectivity index (χ0n) is 9.68. The molecular weight excluding hydrogens is 230 g/mol. The lowest BCUT2D eigenvalue weighted by Gasteiger charge is -1.96. The van der Waals surface area contributed by atoms with E-state index in [2.05, 4.69) is 23.4 Å². The Labute approximate surface area is 98.8 Å². The summed E-state index contributed by atoms with van der Waals surface area (Å²) in [5, 5.41) is 0. The third kappa shape index (κ3) is 23.2. The van der Waals surface area contributed by atoms with Gasteiger partial charge in [0.1, 0.15) is 0 Å². The Morgan fingerprint density at radius 3 is 2.19 bits per heavy atom. The van der Waals surface area contributed by atoms with Gasteiger partial charge in [0.05, 0.1) is 6.61 Å². The first-order valence-electron chi connectivity index (χ1n) is 5.23. The Morgan fingerprint density at radius 2 is 1.81 bits per heavy atom. The summed E-state index contributed by atoms with van der Waals surface area (Å²) in [6.07, 6.45) is 6.58. The fourth-order valence-corrected chi connectivity index (χ4v) is 1.12. The van der Waals surface area contributed by atoms with Crippen molar-refractivity contribution in [2.24, 2.45) is 5.73 Å². The molecule has 0 heterocycles. The predicted molar refractivity (Wildman–Crippen MR) is 64.4 cm³/mol. The molecule has 5 nitrogen and oxygen atoms in total. The SMILES string of the molecule is C=CC(N)=O.CCCCCCCO[SH](=O)=O. The molecule has 6 heteroatoms. The Kier molecular flexibility index (Phi) is 15.5. The molecule has 2 N–H and O–H groups in total. The lowest BCUT2D eigenvalue weighted by Crippen LogP contribution is -2.04. The molecule has 0 aromatic carbocycles. The smallest absolute Gasteiger partial charge is 0.257 e. The highest BCUT2D eigenvalue weighted by Crippen LogP contribution is 2.01. The number of hydrogen-bond donors (Lipinski definition) is 2. The van der Waals surface area contributed by atoms with E-state index in [1.54, 1.807) is 0 Å². The number of amides is 1. The molecule has 1 amide bonds. The molecule has 0 spiro atoms. The van der Waals surface area contributed by atoms with Crippen molar-refractivity contribution < 1.29 is 17.4 Å². The molecule has 0 fully saturated rings. The number of carbonyl (C=O) groups is 1. The minimum atomic E-state index is -2.62. The zero-order valence-corrected chi connectivity index (χ0v) is 10.6. The molecule has 0 saturated carbocycles. The van der Waals surface area contributed by atoms with Crippen molar-refractivity contribution in [1.29, 1.82) is 0 Å². The lowest BCUT2D eigenvalue weighted by molar-refractivity contribution is -0.113. The molecule has 0 unspecified atom stereocenters. The van der Waals surface area contributed by atoms with Crippen molar-refractivity contribution in [3.8, 4) is 0 Å². The van der Waals surface area contributed by atoms with Gasteiger partial charge in [-0.3, -0.25) is 8.98 Å². The maximum Gasteiger partial charge on any atom is 0.257 e. The predicted octanol–water partition coefficient (Wildman–Crippen LogP) is 1.16. The Hall–Kier alpha value is -0.880. The molecule has 0 bridgehead atoms. The first kappa shape index (κ1) is 17.5. The van der Waals surface area contributed by atoms with Crippen molar-refractivity contribution in [2.45, 2.75) is 39.0 Å². The average Bonchev–Trinajstić information content (AvgIpc) is 2.23. The van der Waals surface area contributed by atoms with Crippen LogP contribution in [-0.4, -0.2) is 20.9 Å². The normalized spacial score (nSPS) is 9.38. The van der Waals surface area contributed by atoms with Gasteiger partial charge in [0, 0.05) is 0 Å². The molecule has 96 valence electrons. The second kappa shape index (κ2) is 14.1. The van der Waals surface area contributed by atoms with E-state index in [0.29, 0.717) is 6.61 Å². The highest BCUT2D eigenvalue weighted by atomic mass is 32.2. The van der Waals surface area contributed by atoms with Crippen molar-refractivity contribution in [3.05, 3.63) is 12.7 Å². The van der Waals surface area contributed by atoms with Gasteiger partial charge in [0.25, 0.3) is 11.0 Å². The Morgan fingerprint density at radius 1 is 1.31 bits per heavy atom. The molecule has 0 radical (unpaired) electrons. The van der Waals surface area contributed by atoms with Crippen LogP contribution in [0.2, 0.25) is 0 Å². The summed E-state index contributed by atoms with van der Waals surface area (Å²) in [4.78, 5) is 9.47. The maximum atomic E-state index is 9.90. The van der Waals surface area contributed by atoms with E-state index in [1.807, 2.05) is 0 Å². The molecule has 16 heavy (non-hydrogen) atoms. The maximum absolute atomic E-state index is 9.90. The van der Waals surface area contributed by atoms with Crippen LogP contribution in [0, 0.1) is 0 Å². The molecule has 0 aromatic heterocycles. The molecular formula is C10H21NO4S. The van der Waals surface area contributed by atoms with Crippen molar-refractivity contribution >= 4 is 16.9 Å². The standard InChI is InChI=1S/C7H16O3S.C3H5NO/c1-2-3-4-5-6-7-10-11(8)9;1-2-3(4)5/h11H,2-7H2,1H3;2H,1H2,(H2,4,5). The van der Waals surface area contributed by atoms with Crippen molar-refractivity contribution in [2.75, 3.05) is 6.61 Å². The van der Waals surface area contributed by atoms with E-state index in [9.17, 15) is 13.2 Å². The number of primary amides is 1. The van der Waals surface area contributed by atoms with Crippen molar-refractivity contribution in [1.82, 2.24) is 0 Å². The topological polar surface area (TPSA) is 86.5 Å². The summed E-state index contributed by atoms with van der Waals surface area (Å²) in [6, 6.07) is 0. The zero-order chi connectivity index (χ0) is 12.8. The summed E-state index contributed by atoms with van der Waals surface area (Å²) < 4.78 is 24.2. The number of nitrogens with two attached hydrogens (primary N) is 1. The second-order valence-electron chi connectivity index (χ2n) is 3.08. The van der Waals surface area contributed by atoms with E-state index >= 15 is 0 Å². The average molecular weight is 251 g/mol. The van der Waals surface area contributed by atoms with Crippen LogP contribution in [0.15, 0.2) is 12.7 Å². The van der Waals surface area contributed by atoms with Gasteiger partial charge in [0.2, 0.25) is 5.91 Å². The largest absolute Gasteiger partial charge is 0.366 e. The van der Waals surface area contributed by atoms with Crippen LogP contribution in [0.1, 0.15) is 39.0 Å². The fraction of sp³-hybridized carbons (Fsp3) is 0.700. The highest BCUT2D eigenvalue weighted by molar-refractivity contribution is 7.67. The molecule has 0 aliphatic heterocycles. The van der Waals surface area contributed by atoms with Crippen LogP contribution >= 0.6 is 0 Å². The minimum absolute atomic E-state index is 0.350. The highest BCUT2D eigenvalue weighted by Gasteiger charge is 1.89. The quantitative estimate of drug-likeness (QED) is 0.385. The van der Waals surface area contributed by atoms with Gasteiger partial charge in [-0.05, 0) is 12.5 Å².